The second kappa shape index (κ2) is 8.74. The van der Waals surface area contributed by atoms with Crippen molar-refractivity contribution in [2.24, 2.45) is 0 Å². The van der Waals surface area contributed by atoms with Crippen LogP contribution in [0.5, 0.6) is 5.75 Å². The van der Waals surface area contributed by atoms with Crippen molar-refractivity contribution in [3.63, 3.8) is 0 Å². The molecular weight excluding hydrogens is 363 g/mol. The summed E-state index contributed by atoms with van der Waals surface area (Å²) < 4.78 is 5.06. The van der Waals surface area contributed by atoms with Crippen molar-refractivity contribution in [2.75, 3.05) is 17.7 Å². The van der Waals surface area contributed by atoms with Crippen molar-refractivity contribution in [3.05, 3.63) is 52.0 Å². The van der Waals surface area contributed by atoms with Crippen LogP contribution < -0.4 is 15.4 Å². The van der Waals surface area contributed by atoms with Gasteiger partial charge in [0.05, 0.1) is 22.8 Å². The molecule has 25 heavy (non-hydrogen) atoms. The average Bonchev–Trinajstić information content (AvgIpc) is 2.58. The first-order valence-electron chi connectivity index (χ1n) is 7.69. The number of rotatable bonds is 6. The molecule has 2 N–H and O–H groups in total. The lowest BCUT2D eigenvalue weighted by Gasteiger charge is -2.11. The smallest absolute Gasteiger partial charge is 0.255 e. The van der Waals surface area contributed by atoms with Gasteiger partial charge in [-0.05, 0) is 42.8 Å². The van der Waals surface area contributed by atoms with Crippen LogP contribution in [-0.2, 0) is 4.79 Å². The van der Waals surface area contributed by atoms with Crippen LogP contribution in [0.1, 0.15) is 30.1 Å². The van der Waals surface area contributed by atoms with E-state index in [4.69, 9.17) is 27.9 Å². The van der Waals surface area contributed by atoms with Gasteiger partial charge in [-0.25, -0.2) is 0 Å². The van der Waals surface area contributed by atoms with Crippen LogP contribution >= 0.6 is 23.2 Å². The van der Waals surface area contributed by atoms with Crippen molar-refractivity contribution < 1.29 is 14.3 Å². The van der Waals surface area contributed by atoms with Gasteiger partial charge in [0, 0.05) is 17.7 Å². The molecule has 0 saturated heterocycles. The van der Waals surface area contributed by atoms with Crippen LogP contribution in [0, 0.1) is 0 Å². The lowest BCUT2D eigenvalue weighted by molar-refractivity contribution is -0.116. The minimum Gasteiger partial charge on any atom is -0.495 e. The van der Waals surface area contributed by atoms with E-state index in [1.165, 1.54) is 13.2 Å². The second-order valence-corrected chi connectivity index (χ2v) is 6.11. The Morgan fingerprint density at radius 2 is 1.80 bits per heavy atom. The molecule has 2 aromatic rings. The summed E-state index contributed by atoms with van der Waals surface area (Å²) in [7, 11) is 1.50. The zero-order valence-corrected chi connectivity index (χ0v) is 15.4. The minimum atomic E-state index is -0.372. The van der Waals surface area contributed by atoms with E-state index in [1.54, 1.807) is 30.3 Å². The number of halogens is 2. The number of hydrogen-bond donors (Lipinski definition) is 2. The number of amides is 2. The normalized spacial score (nSPS) is 10.2. The molecule has 132 valence electrons. The van der Waals surface area contributed by atoms with E-state index in [-0.39, 0.29) is 11.8 Å². The van der Waals surface area contributed by atoms with Gasteiger partial charge in [0.2, 0.25) is 5.91 Å². The first-order chi connectivity index (χ1) is 11.9. The number of carbonyl (C=O) groups excluding carboxylic acids is 2. The third-order valence-corrected chi connectivity index (χ3v) is 4.01. The fourth-order valence-corrected chi connectivity index (χ4v) is 2.57. The molecule has 0 aliphatic carbocycles. The van der Waals surface area contributed by atoms with Crippen LogP contribution in [0.4, 0.5) is 11.4 Å². The maximum atomic E-state index is 12.4. The van der Waals surface area contributed by atoms with Gasteiger partial charge in [-0.15, -0.1) is 0 Å². The molecule has 2 aromatic carbocycles. The van der Waals surface area contributed by atoms with Crippen molar-refractivity contribution in [1.29, 1.82) is 0 Å². The molecule has 0 radical (unpaired) electrons. The van der Waals surface area contributed by atoms with Crippen LogP contribution in [0.25, 0.3) is 0 Å². The Hall–Kier alpha value is -2.24. The molecule has 0 bridgehead atoms. The summed E-state index contributed by atoms with van der Waals surface area (Å²) in [4.78, 5) is 24.1. The van der Waals surface area contributed by atoms with Gasteiger partial charge in [-0.1, -0.05) is 30.1 Å². The molecule has 0 aliphatic rings. The summed E-state index contributed by atoms with van der Waals surface area (Å²) in [5, 5.41) is 6.17. The molecule has 0 saturated carbocycles. The number of nitrogens with one attached hydrogen (secondary N) is 2. The predicted molar refractivity (Wildman–Crippen MR) is 101 cm³/mol. The first kappa shape index (κ1) is 19.1. The molecule has 0 unspecified atom stereocenters. The van der Waals surface area contributed by atoms with Gasteiger partial charge in [-0.3, -0.25) is 9.59 Å². The molecule has 5 nitrogen and oxygen atoms in total. The number of benzene rings is 2. The number of carbonyl (C=O) groups is 2. The van der Waals surface area contributed by atoms with Crippen molar-refractivity contribution in [1.82, 2.24) is 0 Å². The molecule has 0 aliphatic heterocycles. The molecule has 0 spiro atoms. The molecule has 2 rings (SSSR count). The Bertz CT molecular complexity index is 794. The largest absolute Gasteiger partial charge is 0.495 e. The SMILES string of the molecule is CCCC(=O)Nc1ccc(Cl)c(NC(=O)c2ccc(OC)c(Cl)c2)c1. The molecule has 0 atom stereocenters. The molecular formula is C18H18Cl2N2O3. The summed E-state index contributed by atoms with van der Waals surface area (Å²) in [5.41, 5.74) is 1.32. The zero-order chi connectivity index (χ0) is 18.4. The van der Waals surface area contributed by atoms with Crippen molar-refractivity contribution in [3.8, 4) is 5.75 Å². The summed E-state index contributed by atoms with van der Waals surface area (Å²) in [5.74, 6) is 0.0180. The fraction of sp³-hybridized carbons (Fsp3) is 0.222. The van der Waals surface area contributed by atoms with Gasteiger partial charge in [0.15, 0.2) is 0 Å². The van der Waals surface area contributed by atoms with Crippen LogP contribution in [0.2, 0.25) is 10.0 Å². The van der Waals surface area contributed by atoms with E-state index in [1.807, 2.05) is 6.92 Å². The van der Waals surface area contributed by atoms with E-state index >= 15 is 0 Å². The minimum absolute atomic E-state index is 0.0935. The Balaban J connectivity index is 2.17. The van der Waals surface area contributed by atoms with Gasteiger partial charge >= 0.3 is 0 Å². The summed E-state index contributed by atoms with van der Waals surface area (Å²) in [6.07, 6.45) is 1.18. The van der Waals surface area contributed by atoms with Crippen LogP contribution in [-0.4, -0.2) is 18.9 Å². The van der Waals surface area contributed by atoms with Crippen molar-refractivity contribution in [2.45, 2.75) is 19.8 Å². The standard InChI is InChI=1S/C18H18Cl2N2O3/c1-3-4-17(23)21-12-6-7-13(19)15(10-12)22-18(24)11-5-8-16(25-2)14(20)9-11/h5-10H,3-4H2,1-2H3,(H,21,23)(H,22,24). The third-order valence-electron chi connectivity index (χ3n) is 3.39. The summed E-state index contributed by atoms with van der Waals surface area (Å²) in [6.45, 7) is 1.92. The highest BCUT2D eigenvalue weighted by molar-refractivity contribution is 6.34. The average molecular weight is 381 g/mol. The van der Waals surface area contributed by atoms with E-state index in [0.717, 1.165) is 6.42 Å². The van der Waals surface area contributed by atoms with Crippen LogP contribution in [0.15, 0.2) is 36.4 Å². The monoisotopic (exact) mass is 380 g/mol. The van der Waals surface area contributed by atoms with Crippen molar-refractivity contribution >= 4 is 46.4 Å². The molecule has 7 heteroatoms. The maximum absolute atomic E-state index is 12.4. The number of ether oxygens (including phenoxy) is 1. The Morgan fingerprint density at radius 3 is 2.44 bits per heavy atom. The highest BCUT2D eigenvalue weighted by atomic mass is 35.5. The number of hydrogen-bond acceptors (Lipinski definition) is 3. The maximum Gasteiger partial charge on any atom is 0.255 e. The Morgan fingerprint density at radius 1 is 1.04 bits per heavy atom. The first-order valence-corrected chi connectivity index (χ1v) is 8.44. The zero-order valence-electron chi connectivity index (χ0n) is 13.9. The van der Waals surface area contributed by atoms with Gasteiger partial charge < -0.3 is 15.4 Å². The summed E-state index contributed by atoms with van der Waals surface area (Å²) in [6, 6.07) is 9.62. The van der Waals surface area contributed by atoms with E-state index in [0.29, 0.717) is 39.2 Å². The highest BCUT2D eigenvalue weighted by Crippen LogP contribution is 2.28. The van der Waals surface area contributed by atoms with E-state index in [9.17, 15) is 9.59 Å². The molecule has 0 fully saturated rings. The predicted octanol–water partition coefficient (Wildman–Crippen LogP) is 4.99. The second-order valence-electron chi connectivity index (χ2n) is 5.30. The van der Waals surface area contributed by atoms with E-state index < -0.39 is 0 Å². The molecule has 0 heterocycles. The topological polar surface area (TPSA) is 67.4 Å². The van der Waals surface area contributed by atoms with E-state index in [2.05, 4.69) is 10.6 Å². The highest BCUT2D eigenvalue weighted by Gasteiger charge is 2.12. The third kappa shape index (κ3) is 5.11. The fourth-order valence-electron chi connectivity index (χ4n) is 2.15. The number of methoxy groups -OCH3 is 1. The van der Waals surface area contributed by atoms with Crippen LogP contribution in [0.3, 0.4) is 0 Å². The Kier molecular flexibility index (Phi) is 6.67. The molecule has 2 amide bonds. The van der Waals surface area contributed by atoms with Gasteiger partial charge in [-0.2, -0.15) is 0 Å². The van der Waals surface area contributed by atoms with Gasteiger partial charge in [0.25, 0.3) is 5.91 Å². The Labute approximate surface area is 156 Å². The molecule has 0 aromatic heterocycles. The van der Waals surface area contributed by atoms with Gasteiger partial charge in [0.1, 0.15) is 5.75 Å². The lowest BCUT2D eigenvalue weighted by atomic mass is 10.2. The number of anilines is 2. The quantitative estimate of drug-likeness (QED) is 0.741. The lowest BCUT2D eigenvalue weighted by Crippen LogP contribution is -2.14. The summed E-state index contributed by atoms with van der Waals surface area (Å²) >= 11 is 12.2.